The number of aliphatic hydroxyl groups is 1. The van der Waals surface area contributed by atoms with Gasteiger partial charge in [0.1, 0.15) is 0 Å². The number of rotatable bonds is 9. The van der Waals surface area contributed by atoms with Crippen molar-refractivity contribution in [2.45, 2.75) is 64.7 Å². The third kappa shape index (κ3) is 14.8. The van der Waals surface area contributed by atoms with Crippen molar-refractivity contribution in [2.24, 2.45) is 0 Å². The molecule has 96 valence electrons. The van der Waals surface area contributed by atoms with Crippen molar-refractivity contribution in [1.29, 1.82) is 0 Å². The van der Waals surface area contributed by atoms with E-state index in [1.807, 2.05) is 12.2 Å². The van der Waals surface area contributed by atoms with Crippen molar-refractivity contribution in [3.63, 3.8) is 0 Å². The molecule has 0 saturated heterocycles. The molecule has 0 fully saturated rings. The molecule has 0 radical (unpaired) electrons. The minimum atomic E-state index is 1.01. The number of hydrogen-bond acceptors (Lipinski definition) is 1. The molecular weight excluding hydrogens is 208 g/mol. The Bertz CT molecular complexity index is 252. The molecule has 1 N–H and O–H groups in total. The fraction of sp³-hybridized carbons (Fsp3) is 0.625. The second-order valence-electron chi connectivity index (χ2n) is 4.18. The predicted molar refractivity (Wildman–Crippen MR) is 75.9 cm³/mol. The summed E-state index contributed by atoms with van der Waals surface area (Å²) in [4.78, 5) is 0. The van der Waals surface area contributed by atoms with Crippen molar-refractivity contribution < 1.29 is 5.11 Å². The molecule has 0 aromatic heterocycles. The molecule has 0 aromatic rings. The first-order chi connectivity index (χ1) is 8.41. The molecule has 0 amide bonds. The minimum Gasteiger partial charge on any atom is -0.516 e. The summed E-state index contributed by atoms with van der Waals surface area (Å²) in [6.07, 6.45) is 17.7. The summed E-state index contributed by atoms with van der Waals surface area (Å²) < 4.78 is 0. The number of hydrogen-bond donors (Lipinski definition) is 1. The van der Waals surface area contributed by atoms with E-state index in [4.69, 9.17) is 5.11 Å². The molecule has 0 heterocycles. The van der Waals surface area contributed by atoms with Crippen LogP contribution in [0.4, 0.5) is 0 Å². The van der Waals surface area contributed by atoms with E-state index in [1.54, 1.807) is 0 Å². The van der Waals surface area contributed by atoms with Gasteiger partial charge in [-0.05, 0) is 31.8 Å². The normalized spacial score (nSPS) is 10.9. The molecule has 17 heavy (non-hydrogen) atoms. The quantitative estimate of drug-likeness (QED) is 0.332. The van der Waals surface area contributed by atoms with Crippen LogP contribution in [0.1, 0.15) is 64.7 Å². The summed E-state index contributed by atoms with van der Waals surface area (Å²) in [5.41, 5.74) is 0. The maximum atomic E-state index is 8.45. The SMILES string of the molecule is CCC=CC#CCCCCCCCC/C=C\O. The van der Waals surface area contributed by atoms with Crippen LogP contribution in [0.5, 0.6) is 0 Å². The largest absolute Gasteiger partial charge is 0.516 e. The van der Waals surface area contributed by atoms with E-state index in [2.05, 4.69) is 24.8 Å². The number of allylic oxidation sites excluding steroid dienone is 3. The van der Waals surface area contributed by atoms with E-state index in [-0.39, 0.29) is 0 Å². The molecule has 0 saturated carbocycles. The zero-order chi connectivity index (χ0) is 12.6. The van der Waals surface area contributed by atoms with E-state index >= 15 is 0 Å². The van der Waals surface area contributed by atoms with Gasteiger partial charge in [-0.2, -0.15) is 0 Å². The second kappa shape index (κ2) is 14.8. The molecule has 0 aromatic carbocycles. The van der Waals surface area contributed by atoms with Crippen molar-refractivity contribution in [3.05, 3.63) is 24.5 Å². The summed E-state index contributed by atoms with van der Waals surface area (Å²) in [6, 6.07) is 0. The Kier molecular flexibility index (Phi) is 13.8. The van der Waals surface area contributed by atoms with Crippen LogP contribution in [0.15, 0.2) is 24.5 Å². The zero-order valence-electron chi connectivity index (χ0n) is 11.1. The molecule has 0 unspecified atom stereocenters. The Morgan fingerprint density at radius 1 is 0.941 bits per heavy atom. The Labute approximate surface area is 107 Å². The lowest BCUT2D eigenvalue weighted by Gasteiger charge is -1.98. The molecule has 0 aliphatic heterocycles. The third-order valence-electron chi connectivity index (χ3n) is 2.57. The summed E-state index contributed by atoms with van der Waals surface area (Å²) >= 11 is 0. The van der Waals surface area contributed by atoms with Crippen molar-refractivity contribution >= 4 is 0 Å². The van der Waals surface area contributed by atoms with Gasteiger partial charge in [0.25, 0.3) is 0 Å². The summed E-state index contributed by atoms with van der Waals surface area (Å²) in [5, 5.41) is 8.45. The molecular formula is C16H26O. The Morgan fingerprint density at radius 2 is 1.65 bits per heavy atom. The summed E-state index contributed by atoms with van der Waals surface area (Å²) in [7, 11) is 0. The lowest BCUT2D eigenvalue weighted by atomic mass is 10.1. The number of unbranched alkanes of at least 4 members (excludes halogenated alkanes) is 7. The molecule has 0 aliphatic carbocycles. The molecule has 1 heteroatoms. The van der Waals surface area contributed by atoms with Crippen molar-refractivity contribution in [2.75, 3.05) is 0 Å². The molecule has 0 rings (SSSR count). The van der Waals surface area contributed by atoms with Crippen LogP contribution in [0.25, 0.3) is 0 Å². The molecule has 0 bridgehead atoms. The fourth-order valence-electron chi connectivity index (χ4n) is 1.57. The topological polar surface area (TPSA) is 20.2 Å². The van der Waals surface area contributed by atoms with Gasteiger partial charge in [-0.25, -0.2) is 0 Å². The van der Waals surface area contributed by atoms with Gasteiger partial charge >= 0.3 is 0 Å². The smallest absolute Gasteiger partial charge is 0.0751 e. The maximum absolute atomic E-state index is 8.45. The highest BCUT2D eigenvalue weighted by molar-refractivity contribution is 5.14. The summed E-state index contributed by atoms with van der Waals surface area (Å²) in [5.74, 6) is 6.22. The predicted octanol–water partition coefficient (Wildman–Crippen LogP) is 5.15. The van der Waals surface area contributed by atoms with Gasteiger partial charge in [-0.15, -0.1) is 0 Å². The minimum absolute atomic E-state index is 1.01. The fourth-order valence-corrected chi connectivity index (χ4v) is 1.57. The van der Waals surface area contributed by atoms with Gasteiger partial charge < -0.3 is 5.11 Å². The van der Waals surface area contributed by atoms with Crippen LogP contribution >= 0.6 is 0 Å². The first-order valence-electron chi connectivity index (χ1n) is 6.84. The Morgan fingerprint density at radius 3 is 2.35 bits per heavy atom. The second-order valence-corrected chi connectivity index (χ2v) is 4.18. The molecule has 0 atom stereocenters. The van der Waals surface area contributed by atoms with E-state index in [0.717, 1.165) is 25.5 Å². The lowest BCUT2D eigenvalue weighted by molar-refractivity contribution is 0.469. The van der Waals surface area contributed by atoms with Crippen LogP contribution in [0.3, 0.4) is 0 Å². The molecule has 0 spiro atoms. The van der Waals surface area contributed by atoms with Crippen molar-refractivity contribution in [1.82, 2.24) is 0 Å². The standard InChI is InChI=1S/C16H26O/c1-2-3-4-5-6-7-8-9-10-11-12-13-14-15-16-17/h3-4,15-17H,2,7-14H2,1H3/b4-3?,16-15-. The lowest BCUT2D eigenvalue weighted by Crippen LogP contribution is -1.79. The zero-order valence-corrected chi connectivity index (χ0v) is 11.1. The highest BCUT2D eigenvalue weighted by Gasteiger charge is 1.89. The van der Waals surface area contributed by atoms with Crippen LogP contribution in [-0.2, 0) is 0 Å². The highest BCUT2D eigenvalue weighted by atomic mass is 16.2. The third-order valence-corrected chi connectivity index (χ3v) is 2.57. The average molecular weight is 234 g/mol. The maximum Gasteiger partial charge on any atom is 0.0751 e. The van der Waals surface area contributed by atoms with E-state index in [0.29, 0.717) is 0 Å². The number of aliphatic hydroxyl groups excluding tert-OH is 1. The Hall–Kier alpha value is -1.16. The van der Waals surface area contributed by atoms with Crippen LogP contribution in [0.2, 0.25) is 0 Å². The van der Waals surface area contributed by atoms with Crippen LogP contribution in [-0.4, -0.2) is 5.11 Å². The van der Waals surface area contributed by atoms with Gasteiger partial charge in [0.05, 0.1) is 6.26 Å². The van der Waals surface area contributed by atoms with Crippen LogP contribution in [0, 0.1) is 11.8 Å². The van der Waals surface area contributed by atoms with E-state index < -0.39 is 0 Å². The van der Waals surface area contributed by atoms with Crippen molar-refractivity contribution in [3.8, 4) is 11.8 Å². The van der Waals surface area contributed by atoms with Gasteiger partial charge in [0, 0.05) is 6.42 Å². The van der Waals surface area contributed by atoms with Crippen LogP contribution < -0.4 is 0 Å². The monoisotopic (exact) mass is 234 g/mol. The molecule has 0 aliphatic rings. The van der Waals surface area contributed by atoms with E-state index in [9.17, 15) is 0 Å². The van der Waals surface area contributed by atoms with Gasteiger partial charge in [-0.3, -0.25) is 0 Å². The molecule has 1 nitrogen and oxygen atoms in total. The summed E-state index contributed by atoms with van der Waals surface area (Å²) in [6.45, 7) is 2.12. The first kappa shape index (κ1) is 15.8. The van der Waals surface area contributed by atoms with Gasteiger partial charge in [-0.1, -0.05) is 56.6 Å². The highest BCUT2D eigenvalue weighted by Crippen LogP contribution is 2.08. The Balaban J connectivity index is 3.12. The van der Waals surface area contributed by atoms with E-state index in [1.165, 1.54) is 38.5 Å². The first-order valence-corrected chi connectivity index (χ1v) is 6.84. The van der Waals surface area contributed by atoms with Gasteiger partial charge in [0.15, 0.2) is 0 Å². The van der Waals surface area contributed by atoms with Gasteiger partial charge in [0.2, 0.25) is 0 Å². The average Bonchev–Trinajstić information content (AvgIpc) is 2.35.